The Bertz CT molecular complexity index is 1080. The van der Waals surface area contributed by atoms with Crippen LogP contribution in [-0.4, -0.2) is 46.6 Å². The van der Waals surface area contributed by atoms with Crippen molar-refractivity contribution in [2.45, 2.75) is 26.7 Å². The van der Waals surface area contributed by atoms with Gasteiger partial charge in [0.15, 0.2) is 5.78 Å². The molecule has 0 radical (unpaired) electrons. The molecule has 4 rings (SSSR count). The first-order chi connectivity index (χ1) is 15.0. The monoisotopic (exact) mass is 417 g/mol. The van der Waals surface area contributed by atoms with Crippen molar-refractivity contribution in [3.05, 3.63) is 77.1 Å². The van der Waals surface area contributed by atoms with E-state index in [1.54, 1.807) is 22.9 Å². The number of aromatic nitrogens is 2. The molecule has 0 unspecified atom stereocenters. The van der Waals surface area contributed by atoms with Crippen LogP contribution in [0.5, 0.6) is 5.75 Å². The number of carbonyl (C=O) groups is 2. The van der Waals surface area contributed by atoms with Crippen LogP contribution in [0.25, 0.3) is 5.69 Å². The summed E-state index contributed by atoms with van der Waals surface area (Å²) in [6.07, 6.45) is 5.16. The van der Waals surface area contributed by atoms with Crippen molar-refractivity contribution < 1.29 is 14.3 Å². The predicted octanol–water partition coefficient (Wildman–Crippen LogP) is 4.23. The number of nitrogens with zero attached hydrogens (tertiary/aromatic N) is 3. The van der Waals surface area contributed by atoms with Crippen molar-refractivity contribution in [3.63, 3.8) is 0 Å². The maximum Gasteiger partial charge on any atom is 0.253 e. The van der Waals surface area contributed by atoms with Gasteiger partial charge in [-0.25, -0.2) is 4.68 Å². The van der Waals surface area contributed by atoms with Crippen molar-refractivity contribution >= 4 is 11.7 Å². The van der Waals surface area contributed by atoms with E-state index in [4.69, 9.17) is 4.74 Å². The van der Waals surface area contributed by atoms with Gasteiger partial charge in [0.05, 0.1) is 12.8 Å². The summed E-state index contributed by atoms with van der Waals surface area (Å²) < 4.78 is 7.15. The summed E-state index contributed by atoms with van der Waals surface area (Å²) in [4.78, 5) is 28.2. The fourth-order valence-corrected chi connectivity index (χ4v) is 4.41. The Hall–Kier alpha value is -3.41. The van der Waals surface area contributed by atoms with Gasteiger partial charge in [0.1, 0.15) is 5.75 Å². The quantitative estimate of drug-likeness (QED) is 0.583. The first-order valence-electron chi connectivity index (χ1n) is 10.6. The van der Waals surface area contributed by atoms with Gasteiger partial charge in [0.25, 0.3) is 5.91 Å². The smallest absolute Gasteiger partial charge is 0.253 e. The van der Waals surface area contributed by atoms with E-state index in [1.165, 1.54) is 0 Å². The third-order valence-electron chi connectivity index (χ3n) is 5.89. The van der Waals surface area contributed by atoms with Gasteiger partial charge in [-0.05, 0) is 74.2 Å². The second-order valence-corrected chi connectivity index (χ2v) is 8.10. The maximum absolute atomic E-state index is 13.2. The van der Waals surface area contributed by atoms with E-state index in [2.05, 4.69) is 5.10 Å². The fourth-order valence-electron chi connectivity index (χ4n) is 4.41. The molecule has 1 amide bonds. The number of likely N-dealkylation sites (tertiary alicyclic amines) is 1. The molecule has 0 N–H and O–H groups in total. The van der Waals surface area contributed by atoms with Crippen molar-refractivity contribution in [3.8, 4) is 11.4 Å². The standard InChI is InChI=1S/C25H27N3O3/c1-17-13-21(14-18(2)24(17)31-3)23(29)20-8-5-11-27(16-20)25(30)19-7-4-9-22(15-19)28-12-6-10-26-28/h4,6-7,9-10,12-15,20H,5,8,11,16H2,1-3H3/t20-/m1/s1. The third kappa shape index (κ3) is 4.24. The number of hydrogen-bond donors (Lipinski definition) is 0. The van der Waals surface area contributed by atoms with Gasteiger partial charge < -0.3 is 9.64 Å². The normalized spacial score (nSPS) is 16.2. The Kier molecular flexibility index (Phi) is 5.89. The molecule has 2 aromatic carbocycles. The molecule has 0 aliphatic carbocycles. The van der Waals surface area contributed by atoms with Crippen LogP contribution in [0.3, 0.4) is 0 Å². The van der Waals surface area contributed by atoms with Crippen LogP contribution in [0.2, 0.25) is 0 Å². The van der Waals surface area contributed by atoms with Crippen LogP contribution < -0.4 is 4.74 Å². The lowest BCUT2D eigenvalue weighted by Gasteiger charge is -2.32. The van der Waals surface area contributed by atoms with Gasteiger partial charge in [0.2, 0.25) is 0 Å². The van der Waals surface area contributed by atoms with Gasteiger partial charge in [-0.3, -0.25) is 9.59 Å². The number of aryl methyl sites for hydroxylation is 2. The summed E-state index contributed by atoms with van der Waals surface area (Å²) >= 11 is 0. The maximum atomic E-state index is 13.2. The Balaban J connectivity index is 1.52. The average molecular weight is 418 g/mol. The SMILES string of the molecule is COc1c(C)cc(C(=O)[C@@H]2CCCN(C(=O)c3cccc(-n4cccn4)c3)C2)cc1C. The summed E-state index contributed by atoms with van der Waals surface area (Å²) in [6, 6.07) is 13.1. The molecule has 2 heterocycles. The molecule has 0 bridgehead atoms. The number of benzene rings is 2. The summed E-state index contributed by atoms with van der Waals surface area (Å²) in [5.41, 5.74) is 4.03. The highest BCUT2D eigenvalue weighted by Gasteiger charge is 2.30. The Morgan fingerprint density at radius 1 is 1.06 bits per heavy atom. The van der Waals surface area contributed by atoms with E-state index >= 15 is 0 Å². The molecule has 6 heteroatoms. The minimum Gasteiger partial charge on any atom is -0.496 e. The lowest BCUT2D eigenvalue weighted by atomic mass is 9.88. The minimum atomic E-state index is -0.195. The molecule has 1 atom stereocenters. The van der Waals surface area contributed by atoms with E-state index in [1.807, 2.05) is 62.5 Å². The van der Waals surface area contributed by atoms with Crippen molar-refractivity contribution in [2.24, 2.45) is 5.92 Å². The van der Waals surface area contributed by atoms with Gasteiger partial charge in [0, 0.05) is 42.5 Å². The van der Waals surface area contributed by atoms with Crippen molar-refractivity contribution in [1.29, 1.82) is 0 Å². The Morgan fingerprint density at radius 2 is 1.84 bits per heavy atom. The number of methoxy groups -OCH3 is 1. The van der Waals surface area contributed by atoms with Crippen LogP contribution in [0, 0.1) is 19.8 Å². The van der Waals surface area contributed by atoms with E-state index < -0.39 is 0 Å². The first-order valence-corrected chi connectivity index (χ1v) is 10.6. The van der Waals surface area contributed by atoms with Gasteiger partial charge in [-0.1, -0.05) is 6.07 Å². The predicted molar refractivity (Wildman–Crippen MR) is 119 cm³/mol. The van der Waals surface area contributed by atoms with Gasteiger partial charge in [-0.2, -0.15) is 5.10 Å². The molecule has 1 fully saturated rings. The number of Topliss-reactive ketones (excluding diaryl/α,β-unsaturated/α-hetero) is 1. The fraction of sp³-hybridized carbons (Fsp3) is 0.320. The highest BCUT2D eigenvalue weighted by atomic mass is 16.5. The topological polar surface area (TPSA) is 64.4 Å². The molecule has 1 saturated heterocycles. The lowest BCUT2D eigenvalue weighted by molar-refractivity contribution is 0.0637. The first kappa shape index (κ1) is 20.8. The molecule has 3 aromatic rings. The molecule has 0 saturated carbocycles. The molecule has 6 nitrogen and oxygen atoms in total. The second kappa shape index (κ2) is 8.76. The second-order valence-electron chi connectivity index (χ2n) is 8.10. The minimum absolute atomic E-state index is 0.0476. The molecular weight excluding hydrogens is 390 g/mol. The van der Waals surface area contributed by atoms with Crippen molar-refractivity contribution in [2.75, 3.05) is 20.2 Å². The van der Waals surface area contributed by atoms with E-state index in [0.717, 1.165) is 35.4 Å². The highest BCUT2D eigenvalue weighted by molar-refractivity contribution is 6.00. The van der Waals surface area contributed by atoms with Gasteiger partial charge >= 0.3 is 0 Å². The van der Waals surface area contributed by atoms with Crippen LogP contribution in [0.15, 0.2) is 54.9 Å². The molecule has 1 aliphatic heterocycles. The largest absolute Gasteiger partial charge is 0.496 e. The third-order valence-corrected chi connectivity index (χ3v) is 5.89. The zero-order valence-electron chi connectivity index (χ0n) is 18.2. The number of rotatable bonds is 5. The molecule has 1 aromatic heterocycles. The number of ether oxygens (including phenoxy) is 1. The molecular formula is C25H27N3O3. The molecule has 0 spiro atoms. The zero-order chi connectivity index (χ0) is 22.0. The highest BCUT2D eigenvalue weighted by Crippen LogP contribution is 2.28. The lowest BCUT2D eigenvalue weighted by Crippen LogP contribution is -2.42. The summed E-state index contributed by atoms with van der Waals surface area (Å²) in [6.45, 7) is 5.00. The molecule has 160 valence electrons. The Morgan fingerprint density at radius 3 is 2.52 bits per heavy atom. The number of hydrogen-bond acceptors (Lipinski definition) is 4. The number of ketones is 1. The van der Waals surface area contributed by atoms with Gasteiger partial charge in [-0.15, -0.1) is 0 Å². The molecule has 31 heavy (non-hydrogen) atoms. The van der Waals surface area contributed by atoms with Crippen molar-refractivity contribution in [1.82, 2.24) is 14.7 Å². The number of piperidine rings is 1. The van der Waals surface area contributed by atoms with E-state index in [-0.39, 0.29) is 17.6 Å². The summed E-state index contributed by atoms with van der Waals surface area (Å²) in [5, 5.41) is 4.23. The van der Waals surface area contributed by atoms with Crippen LogP contribution in [-0.2, 0) is 0 Å². The average Bonchev–Trinajstić information content (AvgIpc) is 3.33. The summed E-state index contributed by atoms with van der Waals surface area (Å²) in [5.74, 6) is 0.665. The summed E-state index contributed by atoms with van der Waals surface area (Å²) in [7, 11) is 1.64. The van der Waals surface area contributed by atoms with Crippen LogP contribution >= 0.6 is 0 Å². The number of amides is 1. The van der Waals surface area contributed by atoms with E-state index in [0.29, 0.717) is 24.2 Å². The van der Waals surface area contributed by atoms with Crippen LogP contribution in [0.4, 0.5) is 0 Å². The van der Waals surface area contributed by atoms with E-state index in [9.17, 15) is 9.59 Å². The van der Waals surface area contributed by atoms with Crippen LogP contribution in [0.1, 0.15) is 44.7 Å². The number of carbonyl (C=O) groups excluding carboxylic acids is 2. The zero-order valence-corrected chi connectivity index (χ0v) is 18.2. The molecule has 1 aliphatic rings. The Labute approximate surface area is 182 Å².